The standard InChI is InChI=1S/C20H26N4O/c1-23(2)18-5-3-17(4-6-18)20(25)22-15-16-9-13-24(14-10-16)19-7-11-21-12-8-19/h3-8,11-12,16H,9-10,13-15H2,1-2H3,(H,22,25). The number of pyridine rings is 1. The van der Waals surface area contributed by atoms with Crippen molar-refractivity contribution < 1.29 is 4.79 Å². The van der Waals surface area contributed by atoms with E-state index in [-0.39, 0.29) is 5.91 Å². The Hall–Kier alpha value is -2.56. The summed E-state index contributed by atoms with van der Waals surface area (Å²) in [6.45, 7) is 2.81. The minimum absolute atomic E-state index is 0.0156. The van der Waals surface area contributed by atoms with Crippen LogP contribution in [0, 0.1) is 5.92 Å². The second-order valence-electron chi connectivity index (χ2n) is 6.79. The topological polar surface area (TPSA) is 48.5 Å². The molecule has 0 aliphatic carbocycles. The van der Waals surface area contributed by atoms with E-state index in [1.54, 1.807) is 0 Å². The van der Waals surface area contributed by atoms with Gasteiger partial charge in [-0.2, -0.15) is 0 Å². The molecule has 1 saturated heterocycles. The Balaban J connectivity index is 1.45. The number of nitrogens with zero attached hydrogens (tertiary/aromatic N) is 3. The van der Waals surface area contributed by atoms with Gasteiger partial charge in [0.25, 0.3) is 5.91 Å². The summed E-state index contributed by atoms with van der Waals surface area (Å²) >= 11 is 0. The molecule has 1 N–H and O–H groups in total. The van der Waals surface area contributed by atoms with Crippen LogP contribution in [0.1, 0.15) is 23.2 Å². The predicted molar refractivity (Wildman–Crippen MR) is 102 cm³/mol. The summed E-state index contributed by atoms with van der Waals surface area (Å²) in [5.41, 5.74) is 3.05. The van der Waals surface area contributed by atoms with E-state index in [1.807, 2.05) is 55.7 Å². The summed E-state index contributed by atoms with van der Waals surface area (Å²) in [5, 5.41) is 3.09. The molecule has 0 atom stereocenters. The lowest BCUT2D eigenvalue weighted by molar-refractivity contribution is 0.0945. The summed E-state index contributed by atoms with van der Waals surface area (Å²) in [6.07, 6.45) is 5.87. The molecule has 3 rings (SSSR count). The van der Waals surface area contributed by atoms with Gasteiger partial charge in [0.05, 0.1) is 0 Å². The molecule has 1 aromatic heterocycles. The molecular weight excluding hydrogens is 312 g/mol. The van der Waals surface area contributed by atoms with Crippen LogP contribution in [-0.4, -0.2) is 44.6 Å². The summed E-state index contributed by atoms with van der Waals surface area (Å²) in [7, 11) is 3.99. The summed E-state index contributed by atoms with van der Waals surface area (Å²) < 4.78 is 0. The molecule has 132 valence electrons. The number of piperidine rings is 1. The highest BCUT2D eigenvalue weighted by molar-refractivity contribution is 5.94. The van der Waals surface area contributed by atoms with Crippen molar-refractivity contribution >= 4 is 17.3 Å². The lowest BCUT2D eigenvalue weighted by atomic mass is 9.96. The smallest absolute Gasteiger partial charge is 0.251 e. The van der Waals surface area contributed by atoms with E-state index < -0.39 is 0 Å². The van der Waals surface area contributed by atoms with Crippen molar-refractivity contribution in [1.82, 2.24) is 10.3 Å². The van der Waals surface area contributed by atoms with Crippen LogP contribution in [0.4, 0.5) is 11.4 Å². The van der Waals surface area contributed by atoms with Gasteiger partial charge >= 0.3 is 0 Å². The number of hydrogen-bond donors (Lipinski definition) is 1. The Kier molecular flexibility index (Phi) is 5.53. The Bertz CT molecular complexity index is 677. The van der Waals surface area contributed by atoms with Gasteiger partial charge in [-0.15, -0.1) is 0 Å². The number of benzene rings is 1. The predicted octanol–water partition coefficient (Wildman–Crippen LogP) is 2.79. The summed E-state index contributed by atoms with van der Waals surface area (Å²) in [5.74, 6) is 0.560. The zero-order valence-electron chi connectivity index (χ0n) is 15.0. The van der Waals surface area contributed by atoms with Crippen LogP contribution in [0.3, 0.4) is 0 Å². The molecule has 0 bridgehead atoms. The second kappa shape index (κ2) is 8.01. The third-order valence-corrected chi connectivity index (χ3v) is 4.84. The molecule has 2 heterocycles. The number of aromatic nitrogens is 1. The maximum atomic E-state index is 12.3. The third kappa shape index (κ3) is 4.50. The lowest BCUT2D eigenvalue weighted by Crippen LogP contribution is -2.38. The molecule has 1 fully saturated rings. The van der Waals surface area contributed by atoms with Crippen LogP contribution in [0.2, 0.25) is 0 Å². The average molecular weight is 338 g/mol. The number of rotatable bonds is 5. The molecule has 0 spiro atoms. The molecule has 1 aromatic carbocycles. The molecule has 1 aliphatic rings. The molecule has 1 aliphatic heterocycles. The minimum atomic E-state index is 0.0156. The van der Waals surface area contributed by atoms with Gasteiger partial charge in [0, 0.05) is 63.1 Å². The molecule has 2 aromatic rings. The largest absolute Gasteiger partial charge is 0.378 e. The van der Waals surface area contributed by atoms with E-state index >= 15 is 0 Å². The second-order valence-corrected chi connectivity index (χ2v) is 6.79. The first-order valence-corrected chi connectivity index (χ1v) is 8.84. The Morgan fingerprint density at radius 1 is 1.12 bits per heavy atom. The molecular formula is C20H26N4O. The molecule has 1 amide bonds. The van der Waals surface area contributed by atoms with Gasteiger partial charge in [-0.25, -0.2) is 0 Å². The lowest BCUT2D eigenvalue weighted by Gasteiger charge is -2.33. The van der Waals surface area contributed by atoms with Crippen molar-refractivity contribution in [2.45, 2.75) is 12.8 Å². The molecule has 5 heteroatoms. The quantitative estimate of drug-likeness (QED) is 0.911. The van der Waals surface area contributed by atoms with E-state index in [9.17, 15) is 4.79 Å². The van der Waals surface area contributed by atoms with Crippen molar-refractivity contribution in [1.29, 1.82) is 0 Å². The summed E-state index contributed by atoms with van der Waals surface area (Å²) in [4.78, 5) is 20.8. The number of anilines is 2. The van der Waals surface area contributed by atoms with E-state index in [4.69, 9.17) is 0 Å². The average Bonchev–Trinajstić information content (AvgIpc) is 2.67. The van der Waals surface area contributed by atoms with Crippen LogP contribution in [0.25, 0.3) is 0 Å². The van der Waals surface area contributed by atoms with Gasteiger partial charge in [-0.1, -0.05) is 0 Å². The molecule has 0 radical (unpaired) electrons. The Labute approximate surface area is 149 Å². The third-order valence-electron chi connectivity index (χ3n) is 4.84. The first-order chi connectivity index (χ1) is 12.1. The molecule has 0 saturated carbocycles. The van der Waals surface area contributed by atoms with Crippen LogP contribution in [0.5, 0.6) is 0 Å². The van der Waals surface area contributed by atoms with Crippen molar-refractivity contribution in [3.05, 3.63) is 54.4 Å². The van der Waals surface area contributed by atoms with E-state index in [0.717, 1.165) is 43.7 Å². The fourth-order valence-electron chi connectivity index (χ4n) is 3.20. The highest BCUT2D eigenvalue weighted by Crippen LogP contribution is 2.22. The summed E-state index contributed by atoms with van der Waals surface area (Å²) in [6, 6.07) is 11.8. The fraction of sp³-hybridized carbons (Fsp3) is 0.400. The van der Waals surface area contributed by atoms with Crippen LogP contribution >= 0.6 is 0 Å². The van der Waals surface area contributed by atoms with Crippen molar-refractivity contribution in [2.24, 2.45) is 5.92 Å². The van der Waals surface area contributed by atoms with Crippen molar-refractivity contribution in [3.63, 3.8) is 0 Å². The highest BCUT2D eigenvalue weighted by Gasteiger charge is 2.20. The van der Waals surface area contributed by atoms with Crippen LogP contribution in [0.15, 0.2) is 48.8 Å². The van der Waals surface area contributed by atoms with Crippen molar-refractivity contribution in [3.8, 4) is 0 Å². The van der Waals surface area contributed by atoms with E-state index in [2.05, 4.69) is 27.3 Å². The number of nitrogens with one attached hydrogen (secondary N) is 1. The zero-order chi connectivity index (χ0) is 17.6. The number of amides is 1. The van der Waals surface area contributed by atoms with Crippen LogP contribution < -0.4 is 15.1 Å². The zero-order valence-corrected chi connectivity index (χ0v) is 15.0. The maximum Gasteiger partial charge on any atom is 0.251 e. The van der Waals surface area contributed by atoms with Gasteiger partial charge in [-0.3, -0.25) is 9.78 Å². The van der Waals surface area contributed by atoms with E-state index in [1.165, 1.54) is 5.69 Å². The van der Waals surface area contributed by atoms with Gasteiger partial charge in [0.2, 0.25) is 0 Å². The molecule has 5 nitrogen and oxygen atoms in total. The maximum absolute atomic E-state index is 12.3. The van der Waals surface area contributed by atoms with E-state index in [0.29, 0.717) is 5.92 Å². The van der Waals surface area contributed by atoms with Gasteiger partial charge < -0.3 is 15.1 Å². The van der Waals surface area contributed by atoms with Gasteiger partial charge in [0.15, 0.2) is 0 Å². The SMILES string of the molecule is CN(C)c1ccc(C(=O)NCC2CCN(c3ccncc3)CC2)cc1. The highest BCUT2D eigenvalue weighted by atomic mass is 16.1. The Morgan fingerprint density at radius 3 is 2.36 bits per heavy atom. The van der Waals surface area contributed by atoms with Crippen LogP contribution in [-0.2, 0) is 0 Å². The number of carbonyl (C=O) groups excluding carboxylic acids is 1. The molecule has 0 unspecified atom stereocenters. The van der Waals surface area contributed by atoms with Gasteiger partial charge in [-0.05, 0) is 55.2 Å². The minimum Gasteiger partial charge on any atom is -0.378 e. The van der Waals surface area contributed by atoms with Crippen molar-refractivity contribution in [2.75, 3.05) is 43.5 Å². The first-order valence-electron chi connectivity index (χ1n) is 8.84. The number of carbonyl (C=O) groups is 1. The fourth-order valence-corrected chi connectivity index (χ4v) is 3.20. The normalized spacial score (nSPS) is 15.0. The monoisotopic (exact) mass is 338 g/mol. The molecule has 25 heavy (non-hydrogen) atoms. The first kappa shape index (κ1) is 17.3. The number of hydrogen-bond acceptors (Lipinski definition) is 4. The van der Waals surface area contributed by atoms with Gasteiger partial charge in [0.1, 0.15) is 0 Å². The Morgan fingerprint density at radius 2 is 1.76 bits per heavy atom.